The maximum absolute atomic E-state index is 12.2. The topological polar surface area (TPSA) is 64.0 Å². The van der Waals surface area contributed by atoms with Crippen molar-refractivity contribution in [2.75, 3.05) is 18.9 Å². The van der Waals surface area contributed by atoms with Crippen LogP contribution in [0.1, 0.15) is 37.3 Å². The highest BCUT2D eigenvalue weighted by Gasteiger charge is 2.31. The number of aromatic nitrogens is 3. The Kier molecular flexibility index (Phi) is 11.0. The quantitative estimate of drug-likeness (QED) is 0.160. The number of ether oxygens (including phenoxy) is 1. The summed E-state index contributed by atoms with van der Waals surface area (Å²) in [5.41, 5.74) is 6.67. The lowest BCUT2D eigenvalue weighted by Crippen LogP contribution is -2.17. The predicted octanol–water partition coefficient (Wildman–Crippen LogP) is 7.16. The largest absolute Gasteiger partial charge is 0.573 e. The van der Waals surface area contributed by atoms with E-state index >= 15 is 0 Å². The fraction of sp³-hybridized carbons (Fsp3) is 0.276. The van der Waals surface area contributed by atoms with Crippen molar-refractivity contribution < 1.29 is 17.9 Å². The molecule has 10 heteroatoms. The molecule has 0 unspecified atom stereocenters. The molecule has 1 heterocycles. The summed E-state index contributed by atoms with van der Waals surface area (Å²) < 4.78 is 42.0. The van der Waals surface area contributed by atoms with Crippen molar-refractivity contribution in [3.8, 4) is 22.8 Å². The molecule has 0 radical (unpaired) electrons. The van der Waals surface area contributed by atoms with Gasteiger partial charge in [0.2, 0.25) is 0 Å². The molecular formula is C29H32F3N5OS. The molecule has 0 saturated heterocycles. The molecule has 0 aliphatic carbocycles. The third-order valence-corrected chi connectivity index (χ3v) is 5.85. The number of hydrogen-bond donors (Lipinski definition) is 2. The Morgan fingerprint density at radius 1 is 1.00 bits per heavy atom. The molecule has 6 nitrogen and oxygen atoms in total. The summed E-state index contributed by atoms with van der Waals surface area (Å²) in [6.07, 6.45) is -1.12. The van der Waals surface area contributed by atoms with E-state index in [1.165, 1.54) is 46.4 Å². The lowest BCUT2D eigenvalue weighted by Gasteiger charge is -2.10. The Morgan fingerprint density at radius 2 is 1.69 bits per heavy atom. The number of benzene rings is 3. The highest BCUT2D eigenvalue weighted by Crippen LogP contribution is 2.25. The van der Waals surface area contributed by atoms with E-state index in [0.29, 0.717) is 17.4 Å². The zero-order chi connectivity index (χ0) is 28.3. The summed E-state index contributed by atoms with van der Waals surface area (Å²) in [4.78, 5) is 4.28. The Bertz CT molecular complexity index is 1310. The first-order valence-electron chi connectivity index (χ1n) is 12.5. The second kappa shape index (κ2) is 14.4. The second-order valence-electron chi connectivity index (χ2n) is 8.96. The summed E-state index contributed by atoms with van der Waals surface area (Å²) in [6, 6.07) is 21.7. The zero-order valence-electron chi connectivity index (χ0n) is 22.1. The molecule has 4 rings (SSSR count). The summed E-state index contributed by atoms with van der Waals surface area (Å²) >= 11 is 4.74. The van der Waals surface area contributed by atoms with Crippen LogP contribution in [-0.4, -0.2) is 40.2 Å². The van der Waals surface area contributed by atoms with Crippen molar-refractivity contribution >= 4 is 23.4 Å². The number of hydrogen-bond acceptors (Lipinski definition) is 5. The second-order valence-corrected chi connectivity index (χ2v) is 9.20. The van der Waals surface area contributed by atoms with Gasteiger partial charge in [-0.2, -0.15) is 0 Å². The average Bonchev–Trinajstić information content (AvgIpc) is 3.40. The van der Waals surface area contributed by atoms with Gasteiger partial charge in [0.25, 0.3) is 0 Å². The maximum Gasteiger partial charge on any atom is 0.573 e. The summed E-state index contributed by atoms with van der Waals surface area (Å²) in [7, 11) is 1.93. The van der Waals surface area contributed by atoms with Crippen molar-refractivity contribution in [3.05, 3.63) is 90.3 Å². The standard InChI is InChI=1S/C19H19F3N4O.C10H13NS/c1-23-12-2-3-14-4-6-15(7-5-14)18-24-13-26(25-18)16-8-10-17(11-9-16)27-19(20,21)22;1-8(2)9-5-3-4-6-10(9)11-7-12/h4-11,13,23H,2-3,12H2,1H3;3-8H,1-2H3,(H,11,12). The fourth-order valence-corrected chi connectivity index (χ4v) is 3.93. The molecular weight excluding hydrogens is 523 g/mol. The maximum atomic E-state index is 12.2. The van der Waals surface area contributed by atoms with Crippen LogP contribution in [0.15, 0.2) is 79.1 Å². The number of thiocarbonyl (C=S) groups is 1. The van der Waals surface area contributed by atoms with E-state index in [1.54, 1.807) is 5.49 Å². The number of anilines is 1. The van der Waals surface area contributed by atoms with Gasteiger partial charge in [-0.15, -0.1) is 18.3 Å². The third kappa shape index (κ3) is 9.49. The molecule has 0 fully saturated rings. The predicted molar refractivity (Wildman–Crippen MR) is 154 cm³/mol. The van der Waals surface area contributed by atoms with Crippen LogP contribution >= 0.6 is 12.2 Å². The number of halogens is 3. The Labute approximate surface area is 232 Å². The van der Waals surface area contributed by atoms with Gasteiger partial charge in [0, 0.05) is 11.3 Å². The molecule has 0 aliphatic rings. The molecule has 3 aromatic carbocycles. The molecule has 4 aromatic rings. The van der Waals surface area contributed by atoms with Crippen molar-refractivity contribution in [2.24, 2.45) is 0 Å². The SMILES string of the molecule is CC(C)c1ccccc1NC=S.CNCCCc1ccc(-c2ncn(-c3ccc(OC(F)(F)F)cc3)n2)cc1. The van der Waals surface area contributed by atoms with Crippen molar-refractivity contribution in [2.45, 2.75) is 39.0 Å². The Hall–Kier alpha value is -3.76. The van der Waals surface area contributed by atoms with Crippen LogP contribution in [0, 0.1) is 0 Å². The van der Waals surface area contributed by atoms with Crippen LogP contribution < -0.4 is 15.4 Å². The highest BCUT2D eigenvalue weighted by atomic mass is 32.1. The lowest BCUT2D eigenvalue weighted by molar-refractivity contribution is -0.274. The minimum Gasteiger partial charge on any atom is -0.406 e. The van der Waals surface area contributed by atoms with E-state index in [2.05, 4.69) is 57.5 Å². The Balaban J connectivity index is 0.000000293. The van der Waals surface area contributed by atoms with Crippen LogP contribution in [0.5, 0.6) is 5.75 Å². The lowest BCUT2D eigenvalue weighted by atomic mass is 10.0. The van der Waals surface area contributed by atoms with Gasteiger partial charge in [0.15, 0.2) is 5.82 Å². The molecule has 0 spiro atoms. The molecule has 0 aliphatic heterocycles. The molecule has 0 atom stereocenters. The smallest absolute Gasteiger partial charge is 0.406 e. The minimum atomic E-state index is -4.71. The van der Waals surface area contributed by atoms with Crippen molar-refractivity contribution in [3.63, 3.8) is 0 Å². The normalized spacial score (nSPS) is 11.1. The van der Waals surface area contributed by atoms with Crippen molar-refractivity contribution in [1.82, 2.24) is 20.1 Å². The third-order valence-electron chi connectivity index (χ3n) is 5.73. The van der Waals surface area contributed by atoms with E-state index in [4.69, 9.17) is 12.2 Å². The number of rotatable bonds is 10. The van der Waals surface area contributed by atoms with Crippen LogP contribution in [0.25, 0.3) is 17.1 Å². The minimum absolute atomic E-state index is 0.277. The fourth-order valence-electron chi connectivity index (χ4n) is 3.81. The first-order valence-corrected chi connectivity index (χ1v) is 13.0. The van der Waals surface area contributed by atoms with Gasteiger partial charge in [-0.3, -0.25) is 0 Å². The van der Waals surface area contributed by atoms with Crippen LogP contribution in [-0.2, 0) is 6.42 Å². The van der Waals surface area contributed by atoms with Gasteiger partial charge in [0.05, 0.1) is 11.2 Å². The number of para-hydroxylation sites is 1. The van der Waals surface area contributed by atoms with E-state index in [0.717, 1.165) is 30.6 Å². The Morgan fingerprint density at radius 3 is 2.31 bits per heavy atom. The van der Waals surface area contributed by atoms with Crippen LogP contribution in [0.2, 0.25) is 0 Å². The van der Waals surface area contributed by atoms with E-state index < -0.39 is 6.36 Å². The van der Waals surface area contributed by atoms with Crippen LogP contribution in [0.4, 0.5) is 18.9 Å². The van der Waals surface area contributed by atoms with E-state index in [1.807, 2.05) is 37.4 Å². The first kappa shape index (κ1) is 29.8. The van der Waals surface area contributed by atoms with E-state index in [9.17, 15) is 13.2 Å². The summed E-state index contributed by atoms with van der Waals surface area (Å²) in [5.74, 6) is 0.802. The van der Waals surface area contributed by atoms with Crippen LogP contribution in [0.3, 0.4) is 0 Å². The van der Waals surface area contributed by atoms with Gasteiger partial charge in [0.1, 0.15) is 12.1 Å². The van der Waals surface area contributed by atoms with Gasteiger partial charge in [-0.1, -0.05) is 68.5 Å². The van der Waals surface area contributed by atoms with Gasteiger partial charge in [-0.05, 0) is 73.8 Å². The number of nitrogens with one attached hydrogen (secondary N) is 2. The summed E-state index contributed by atoms with van der Waals surface area (Å²) in [6.45, 7) is 5.31. The van der Waals surface area contributed by atoms with Gasteiger partial charge < -0.3 is 15.4 Å². The molecule has 39 heavy (non-hydrogen) atoms. The van der Waals surface area contributed by atoms with E-state index in [-0.39, 0.29) is 5.75 Å². The molecule has 0 saturated carbocycles. The molecule has 1 aromatic heterocycles. The number of aryl methyl sites for hydroxylation is 1. The first-order chi connectivity index (χ1) is 18.7. The van der Waals surface area contributed by atoms with Crippen molar-refractivity contribution in [1.29, 1.82) is 0 Å². The highest BCUT2D eigenvalue weighted by molar-refractivity contribution is 7.79. The number of alkyl halides is 3. The molecule has 2 N–H and O–H groups in total. The molecule has 0 amide bonds. The molecule has 206 valence electrons. The monoisotopic (exact) mass is 555 g/mol. The zero-order valence-corrected chi connectivity index (χ0v) is 22.9. The average molecular weight is 556 g/mol. The van der Waals surface area contributed by atoms with Gasteiger partial charge in [-0.25, -0.2) is 9.67 Å². The van der Waals surface area contributed by atoms with Gasteiger partial charge >= 0.3 is 6.36 Å². The molecule has 0 bridgehead atoms. The summed E-state index contributed by atoms with van der Waals surface area (Å²) in [5, 5.41) is 10.6. The number of nitrogens with zero attached hydrogens (tertiary/aromatic N) is 3.